The normalized spacial score (nSPS) is 47.3. The summed E-state index contributed by atoms with van der Waals surface area (Å²) in [4.78, 5) is 12.2. The van der Waals surface area contributed by atoms with Crippen LogP contribution in [-0.4, -0.2) is 29.2 Å². The number of carbonyl (C=O) groups is 1. The summed E-state index contributed by atoms with van der Waals surface area (Å²) >= 11 is 0. The third-order valence-corrected chi connectivity index (χ3v) is 6.61. The van der Waals surface area contributed by atoms with Crippen molar-refractivity contribution in [2.75, 3.05) is 6.61 Å². The molecular formula is C18H24O3. The molecule has 0 aromatic heterocycles. The van der Waals surface area contributed by atoms with E-state index in [1.54, 1.807) is 19.1 Å². The van der Waals surface area contributed by atoms with E-state index in [-0.39, 0.29) is 22.7 Å². The summed E-state index contributed by atoms with van der Waals surface area (Å²) in [6, 6.07) is 0. The van der Waals surface area contributed by atoms with Crippen LogP contribution in [-0.2, 0) is 9.53 Å². The van der Waals surface area contributed by atoms with Crippen molar-refractivity contribution in [3.8, 4) is 0 Å². The van der Waals surface area contributed by atoms with Crippen molar-refractivity contribution in [1.29, 1.82) is 0 Å². The summed E-state index contributed by atoms with van der Waals surface area (Å²) < 4.78 is 6.04. The third kappa shape index (κ3) is 1.54. The lowest BCUT2D eigenvalue weighted by molar-refractivity contribution is -0.224. The second-order valence-corrected chi connectivity index (χ2v) is 8.16. The van der Waals surface area contributed by atoms with Crippen LogP contribution in [0.3, 0.4) is 0 Å². The highest BCUT2D eigenvalue weighted by Gasteiger charge is 2.66. The number of fused-ring (bicyclic) bond motifs is 1. The van der Waals surface area contributed by atoms with E-state index >= 15 is 0 Å². The molecule has 21 heavy (non-hydrogen) atoms. The summed E-state index contributed by atoms with van der Waals surface area (Å²) in [6.07, 6.45) is 7.59. The molecule has 5 aliphatic rings. The van der Waals surface area contributed by atoms with E-state index in [0.29, 0.717) is 18.1 Å². The molecule has 3 aliphatic carbocycles. The molecule has 2 bridgehead atoms. The van der Waals surface area contributed by atoms with Crippen LogP contribution < -0.4 is 0 Å². The lowest BCUT2D eigenvalue weighted by Crippen LogP contribution is -2.67. The van der Waals surface area contributed by atoms with Gasteiger partial charge in [0.15, 0.2) is 5.78 Å². The smallest absolute Gasteiger partial charge is 0.181 e. The first-order chi connectivity index (χ1) is 9.80. The fourth-order valence-corrected chi connectivity index (χ4v) is 5.56. The second kappa shape index (κ2) is 3.88. The number of aliphatic hydroxyl groups is 1. The van der Waals surface area contributed by atoms with Gasteiger partial charge in [0.1, 0.15) is 5.60 Å². The molecule has 0 radical (unpaired) electrons. The van der Waals surface area contributed by atoms with Gasteiger partial charge in [-0.3, -0.25) is 4.79 Å². The minimum atomic E-state index is -1.06. The van der Waals surface area contributed by atoms with Crippen LogP contribution in [0.15, 0.2) is 23.3 Å². The minimum absolute atomic E-state index is 0.0544. The highest BCUT2D eigenvalue weighted by molar-refractivity contribution is 6.06. The number of ketones is 1. The van der Waals surface area contributed by atoms with Crippen LogP contribution in [0.4, 0.5) is 0 Å². The SMILES string of the molecule is CC1=C[C@]2(O)C(=CC1=O)[C@@]13CCCC(C)(C)[C@@H]1C[C@@H]2OC3. The van der Waals surface area contributed by atoms with Gasteiger partial charge in [0.25, 0.3) is 0 Å². The Bertz CT molecular complexity index is 581. The Morgan fingerprint density at radius 2 is 2.10 bits per heavy atom. The van der Waals surface area contributed by atoms with Gasteiger partial charge in [-0.2, -0.15) is 0 Å². The van der Waals surface area contributed by atoms with Crippen molar-refractivity contribution in [2.24, 2.45) is 16.7 Å². The maximum absolute atomic E-state index is 12.2. The molecule has 0 amide bonds. The Morgan fingerprint density at radius 1 is 1.33 bits per heavy atom. The van der Waals surface area contributed by atoms with Crippen LogP contribution in [0, 0.1) is 16.7 Å². The predicted octanol–water partition coefficient (Wildman–Crippen LogP) is 2.79. The molecule has 114 valence electrons. The standard InChI is InChI=1S/C18H24O3/c1-11-9-18(20)14(7-12(11)19)17-6-4-5-16(2,3)13(17)8-15(18)21-10-17/h7,9,13,15,20H,4-6,8,10H2,1-3H3/t13-,15-,17+,18-/m0/s1. The van der Waals surface area contributed by atoms with E-state index in [4.69, 9.17) is 4.74 Å². The Kier molecular flexibility index (Phi) is 2.53. The Morgan fingerprint density at radius 3 is 2.86 bits per heavy atom. The molecule has 0 aromatic carbocycles. The van der Waals surface area contributed by atoms with Gasteiger partial charge in [-0.25, -0.2) is 0 Å². The van der Waals surface area contributed by atoms with E-state index in [1.807, 2.05) is 0 Å². The molecule has 5 rings (SSSR count). The molecular weight excluding hydrogens is 264 g/mol. The van der Waals surface area contributed by atoms with Gasteiger partial charge in [-0.1, -0.05) is 20.3 Å². The van der Waals surface area contributed by atoms with E-state index < -0.39 is 5.60 Å². The summed E-state index contributed by atoms with van der Waals surface area (Å²) in [5.74, 6) is 0.558. The highest BCUT2D eigenvalue weighted by Crippen LogP contribution is 2.66. The maximum Gasteiger partial charge on any atom is 0.181 e. The first-order valence-electron chi connectivity index (χ1n) is 8.10. The van der Waals surface area contributed by atoms with Crippen molar-refractivity contribution < 1.29 is 14.6 Å². The van der Waals surface area contributed by atoms with Crippen LogP contribution >= 0.6 is 0 Å². The molecule has 2 heterocycles. The first-order valence-corrected chi connectivity index (χ1v) is 8.10. The number of carbonyl (C=O) groups excluding carboxylic acids is 1. The molecule has 0 unspecified atom stereocenters. The van der Waals surface area contributed by atoms with Crippen molar-refractivity contribution in [3.63, 3.8) is 0 Å². The fraction of sp³-hybridized carbons (Fsp3) is 0.722. The van der Waals surface area contributed by atoms with E-state index in [1.165, 1.54) is 6.42 Å². The van der Waals surface area contributed by atoms with E-state index in [0.717, 1.165) is 24.8 Å². The largest absolute Gasteiger partial charge is 0.379 e. The summed E-state index contributed by atoms with van der Waals surface area (Å²) in [6.45, 7) is 7.13. The van der Waals surface area contributed by atoms with Crippen LogP contribution in [0.2, 0.25) is 0 Å². The third-order valence-electron chi connectivity index (χ3n) is 6.61. The number of hydrogen-bond donors (Lipinski definition) is 1. The van der Waals surface area contributed by atoms with Gasteiger partial charge in [-0.05, 0) is 60.8 Å². The molecule has 4 atom stereocenters. The van der Waals surface area contributed by atoms with E-state index in [9.17, 15) is 9.90 Å². The van der Waals surface area contributed by atoms with Crippen LogP contribution in [0.1, 0.15) is 46.5 Å². The van der Waals surface area contributed by atoms with Gasteiger partial charge >= 0.3 is 0 Å². The number of allylic oxidation sites excluding steroid dienone is 2. The van der Waals surface area contributed by atoms with Gasteiger partial charge in [-0.15, -0.1) is 0 Å². The maximum atomic E-state index is 12.2. The molecule has 1 spiro atoms. The zero-order valence-electron chi connectivity index (χ0n) is 13.1. The minimum Gasteiger partial charge on any atom is -0.379 e. The lowest BCUT2D eigenvalue weighted by Gasteiger charge is -2.65. The topological polar surface area (TPSA) is 46.5 Å². The molecule has 1 N–H and O–H groups in total. The van der Waals surface area contributed by atoms with Crippen LogP contribution in [0.5, 0.6) is 0 Å². The van der Waals surface area contributed by atoms with Gasteiger partial charge in [0.2, 0.25) is 0 Å². The van der Waals surface area contributed by atoms with Gasteiger partial charge in [0, 0.05) is 5.41 Å². The van der Waals surface area contributed by atoms with Crippen molar-refractivity contribution in [2.45, 2.75) is 58.2 Å². The highest BCUT2D eigenvalue weighted by atomic mass is 16.5. The van der Waals surface area contributed by atoms with E-state index in [2.05, 4.69) is 13.8 Å². The Labute approximate surface area is 126 Å². The average molecular weight is 288 g/mol. The zero-order valence-corrected chi connectivity index (χ0v) is 13.1. The molecule has 2 saturated heterocycles. The van der Waals surface area contributed by atoms with Crippen molar-refractivity contribution >= 4 is 5.78 Å². The zero-order chi connectivity index (χ0) is 15.0. The Hall–Kier alpha value is -0.930. The summed E-state index contributed by atoms with van der Waals surface area (Å²) in [7, 11) is 0. The number of rotatable bonds is 0. The van der Waals surface area contributed by atoms with Gasteiger partial charge in [0.05, 0.1) is 12.7 Å². The number of hydrogen-bond acceptors (Lipinski definition) is 3. The second-order valence-electron chi connectivity index (χ2n) is 8.16. The molecule has 4 fully saturated rings. The fourth-order valence-electron chi connectivity index (χ4n) is 5.56. The Balaban J connectivity index is 1.90. The first kappa shape index (κ1) is 13.7. The quantitative estimate of drug-likeness (QED) is 0.745. The molecule has 2 saturated carbocycles. The molecule has 0 aromatic rings. The number of ether oxygens (including phenoxy) is 1. The van der Waals surface area contributed by atoms with Gasteiger partial charge < -0.3 is 9.84 Å². The predicted molar refractivity (Wildman–Crippen MR) is 79.7 cm³/mol. The monoisotopic (exact) mass is 288 g/mol. The lowest BCUT2D eigenvalue weighted by atomic mass is 9.44. The summed E-state index contributed by atoms with van der Waals surface area (Å²) in [5.41, 5.74) is 0.645. The molecule has 3 heteroatoms. The molecule has 3 nitrogen and oxygen atoms in total. The summed E-state index contributed by atoms with van der Waals surface area (Å²) in [5, 5.41) is 11.3. The molecule has 2 aliphatic heterocycles. The van der Waals surface area contributed by atoms with Crippen molar-refractivity contribution in [3.05, 3.63) is 23.3 Å². The van der Waals surface area contributed by atoms with Crippen molar-refractivity contribution in [1.82, 2.24) is 0 Å². The van der Waals surface area contributed by atoms with Crippen LogP contribution in [0.25, 0.3) is 0 Å². The average Bonchev–Trinajstić information content (AvgIpc) is 2.41.